The monoisotopic (exact) mass is 574 g/mol. The number of Topliss-reactive ketones (excluding diaryl/α,β-unsaturated/α-hetero) is 1. The summed E-state index contributed by atoms with van der Waals surface area (Å²) in [6.45, 7) is 2.45. The Morgan fingerprint density at radius 1 is 0.929 bits per heavy atom. The molecule has 7 nitrogen and oxygen atoms in total. The van der Waals surface area contributed by atoms with Gasteiger partial charge in [0.05, 0.1) is 11.4 Å². The van der Waals surface area contributed by atoms with Crippen LogP contribution in [0.4, 0.5) is 11.4 Å². The lowest BCUT2D eigenvalue weighted by molar-refractivity contribution is 0.0978. The minimum absolute atomic E-state index is 0.000833. The lowest BCUT2D eigenvalue weighted by atomic mass is 9.94. The van der Waals surface area contributed by atoms with Crippen LogP contribution in [0.1, 0.15) is 44.9 Å². The van der Waals surface area contributed by atoms with Crippen molar-refractivity contribution in [1.82, 2.24) is 9.97 Å². The lowest BCUT2D eigenvalue weighted by Crippen LogP contribution is -2.30. The van der Waals surface area contributed by atoms with Crippen LogP contribution in [-0.2, 0) is 6.42 Å². The van der Waals surface area contributed by atoms with Gasteiger partial charge in [0.1, 0.15) is 11.4 Å². The fraction of sp³-hybridized carbons (Fsp3) is 0.176. The van der Waals surface area contributed by atoms with Gasteiger partial charge in [-0.15, -0.1) is 11.6 Å². The summed E-state index contributed by atoms with van der Waals surface area (Å²) < 4.78 is 6.15. The summed E-state index contributed by atoms with van der Waals surface area (Å²) in [6.07, 6.45) is 0.0839. The number of halogens is 1. The molecule has 4 heterocycles. The predicted molar refractivity (Wildman–Crippen MR) is 167 cm³/mol. The summed E-state index contributed by atoms with van der Waals surface area (Å²) in [6, 6.07) is 25.6. The maximum absolute atomic E-state index is 14.0. The second-order valence-electron chi connectivity index (χ2n) is 11.2. The van der Waals surface area contributed by atoms with Crippen molar-refractivity contribution in [2.45, 2.75) is 25.5 Å². The van der Waals surface area contributed by atoms with Gasteiger partial charge in [0.25, 0.3) is 5.91 Å². The van der Waals surface area contributed by atoms with Gasteiger partial charge in [-0.2, -0.15) is 0 Å². The Kier molecular flexibility index (Phi) is 5.59. The number of aromatic amines is 2. The Bertz CT molecular complexity index is 2040. The normalized spacial score (nSPS) is 17.4. The van der Waals surface area contributed by atoms with Gasteiger partial charge in [0, 0.05) is 63.7 Å². The molecule has 0 radical (unpaired) electrons. The molecule has 0 aliphatic carbocycles. The molecule has 4 aromatic carbocycles. The number of benzene rings is 4. The van der Waals surface area contributed by atoms with Crippen LogP contribution in [0.2, 0.25) is 0 Å². The van der Waals surface area contributed by atoms with Crippen molar-refractivity contribution in [2.75, 3.05) is 22.6 Å². The van der Waals surface area contributed by atoms with Gasteiger partial charge in [0.2, 0.25) is 0 Å². The third kappa shape index (κ3) is 3.88. The van der Waals surface area contributed by atoms with Gasteiger partial charge in [-0.1, -0.05) is 36.4 Å². The summed E-state index contributed by atoms with van der Waals surface area (Å²) in [5.41, 5.74) is 6.70. The highest BCUT2D eigenvalue weighted by atomic mass is 35.5. The van der Waals surface area contributed by atoms with E-state index in [1.165, 1.54) is 0 Å². The Labute approximate surface area is 246 Å². The smallest absolute Gasteiger partial charge is 0.274 e. The van der Waals surface area contributed by atoms with E-state index in [0.29, 0.717) is 23.8 Å². The van der Waals surface area contributed by atoms with Crippen molar-refractivity contribution in [2.24, 2.45) is 0 Å². The number of nitrogens with one attached hydrogen (secondary N) is 3. The maximum Gasteiger partial charge on any atom is 0.274 e. The van der Waals surface area contributed by atoms with Crippen LogP contribution in [0, 0.1) is 0 Å². The third-order valence-corrected chi connectivity index (χ3v) is 8.82. The number of para-hydroxylation sites is 1. The number of H-pyrrole nitrogens is 2. The second kappa shape index (κ2) is 9.39. The molecule has 2 aromatic heterocycles. The van der Waals surface area contributed by atoms with Gasteiger partial charge < -0.3 is 24.9 Å². The van der Waals surface area contributed by atoms with Crippen LogP contribution in [0.3, 0.4) is 0 Å². The summed E-state index contributed by atoms with van der Waals surface area (Å²) >= 11 is 6.47. The molecule has 0 spiro atoms. The minimum atomic E-state index is -0.179. The lowest BCUT2D eigenvalue weighted by Gasteiger charge is -2.28. The molecular weight excluding hydrogens is 548 g/mol. The largest absolute Gasteiger partial charge is 0.470 e. The van der Waals surface area contributed by atoms with E-state index in [0.717, 1.165) is 60.8 Å². The van der Waals surface area contributed by atoms with Crippen molar-refractivity contribution in [3.8, 4) is 5.75 Å². The Hall–Kier alpha value is -4.75. The first kappa shape index (κ1) is 25.0. The van der Waals surface area contributed by atoms with Crippen molar-refractivity contribution < 1.29 is 14.3 Å². The third-order valence-electron chi connectivity index (χ3n) is 8.45. The van der Waals surface area contributed by atoms with Crippen LogP contribution in [0.15, 0.2) is 78.9 Å². The summed E-state index contributed by atoms with van der Waals surface area (Å²) in [4.78, 5) is 35.4. The van der Waals surface area contributed by atoms with Crippen LogP contribution in [0.25, 0.3) is 32.6 Å². The molecule has 0 bridgehead atoms. The van der Waals surface area contributed by atoms with Crippen LogP contribution >= 0.6 is 11.6 Å². The zero-order valence-electron chi connectivity index (χ0n) is 22.8. The molecule has 1 unspecified atom stereocenters. The number of anilines is 2. The number of rotatable bonds is 5. The first-order chi connectivity index (χ1) is 20.5. The predicted octanol–water partition coefficient (Wildman–Crippen LogP) is 7.36. The van der Waals surface area contributed by atoms with Gasteiger partial charge in [-0.05, 0) is 59.8 Å². The molecule has 208 valence electrons. The van der Waals surface area contributed by atoms with Crippen molar-refractivity contribution >= 4 is 67.2 Å². The number of hydrogen-bond donors (Lipinski definition) is 3. The number of nitrogens with zero attached hydrogens (tertiary/aromatic N) is 1. The molecule has 0 saturated heterocycles. The van der Waals surface area contributed by atoms with E-state index in [1.807, 2.05) is 78.6 Å². The highest BCUT2D eigenvalue weighted by molar-refractivity contribution is 6.20. The van der Waals surface area contributed by atoms with E-state index < -0.39 is 0 Å². The Balaban J connectivity index is 1.11. The number of amides is 1. The van der Waals surface area contributed by atoms with Gasteiger partial charge in [-0.3, -0.25) is 9.59 Å². The number of ketones is 1. The number of carbonyl (C=O) groups excluding carboxylic acids is 2. The summed E-state index contributed by atoms with van der Waals surface area (Å²) in [5.74, 6) is 1.06. The zero-order valence-corrected chi connectivity index (χ0v) is 23.6. The van der Waals surface area contributed by atoms with Crippen molar-refractivity contribution in [3.63, 3.8) is 0 Å². The molecule has 42 heavy (non-hydrogen) atoms. The first-order valence-corrected chi connectivity index (χ1v) is 14.6. The number of aromatic nitrogens is 2. The molecule has 2 aliphatic rings. The van der Waals surface area contributed by atoms with Gasteiger partial charge >= 0.3 is 0 Å². The number of hydrogen-bond acceptors (Lipinski definition) is 4. The zero-order chi connectivity index (χ0) is 28.5. The molecule has 0 saturated carbocycles. The Morgan fingerprint density at radius 2 is 1.74 bits per heavy atom. The van der Waals surface area contributed by atoms with Gasteiger partial charge in [-0.25, -0.2) is 0 Å². The fourth-order valence-electron chi connectivity index (χ4n) is 6.54. The van der Waals surface area contributed by atoms with Crippen LogP contribution in [-0.4, -0.2) is 40.3 Å². The maximum atomic E-state index is 14.0. The van der Waals surface area contributed by atoms with E-state index in [4.69, 9.17) is 16.3 Å². The van der Waals surface area contributed by atoms with Crippen molar-refractivity contribution in [1.29, 1.82) is 0 Å². The second-order valence-corrected chi connectivity index (χ2v) is 11.5. The number of ether oxygens (including phenoxy) is 1. The van der Waals surface area contributed by atoms with Crippen LogP contribution < -0.4 is 15.0 Å². The fourth-order valence-corrected chi connectivity index (χ4v) is 6.80. The van der Waals surface area contributed by atoms with E-state index in [1.54, 1.807) is 0 Å². The Morgan fingerprint density at radius 3 is 2.60 bits per heavy atom. The molecule has 6 aromatic rings. The minimum Gasteiger partial charge on any atom is -0.470 e. The quantitative estimate of drug-likeness (QED) is 0.148. The average molecular weight is 575 g/mol. The molecule has 8 heteroatoms. The average Bonchev–Trinajstić information content (AvgIpc) is 3.71. The highest BCUT2D eigenvalue weighted by Gasteiger charge is 2.37. The molecule has 2 atom stereocenters. The summed E-state index contributed by atoms with van der Waals surface area (Å²) in [7, 11) is 0. The van der Waals surface area contributed by atoms with E-state index in [2.05, 4.69) is 27.4 Å². The van der Waals surface area contributed by atoms with Crippen molar-refractivity contribution in [3.05, 3.63) is 101 Å². The molecule has 8 rings (SSSR count). The molecule has 3 N–H and O–H groups in total. The standard InChI is InChI=1S/C34H27ClN4O3/c1-18-36-26-8-4-6-23-32-22(16-35)17-39(29(32)15-31(42-18)33(23)26)34(41)28-14-21-11-19(9-10-25(21)38-28)12-30(40)27-13-20-5-2-3-7-24(20)37-27/h2-11,13-15,18,22,36-38H,12,16-17H2,1H3/t18?,22-/m1/s1. The molecule has 0 fully saturated rings. The topological polar surface area (TPSA) is 90.2 Å². The highest BCUT2D eigenvalue weighted by Crippen LogP contribution is 2.49. The van der Waals surface area contributed by atoms with E-state index in [9.17, 15) is 9.59 Å². The number of fused-ring (bicyclic) bond motifs is 4. The molecule has 1 amide bonds. The summed E-state index contributed by atoms with van der Waals surface area (Å²) in [5, 5.41) is 7.37. The first-order valence-electron chi connectivity index (χ1n) is 14.1. The van der Waals surface area contributed by atoms with E-state index in [-0.39, 0.29) is 30.3 Å². The molecule has 2 aliphatic heterocycles. The SMILES string of the molecule is CC1Nc2cccc3c4c(cc(c23)O1)N(C(=O)c1cc2cc(CC(=O)c3cc5ccccc5[nH]3)ccc2[nH]1)C[C@H]4CCl. The number of carbonyl (C=O) groups is 2. The van der Waals surface area contributed by atoms with Gasteiger partial charge in [0.15, 0.2) is 12.0 Å². The van der Waals surface area contributed by atoms with E-state index >= 15 is 0 Å². The molecular formula is C34H27ClN4O3. The van der Waals surface area contributed by atoms with Crippen LogP contribution in [0.5, 0.6) is 5.75 Å². The number of alkyl halides is 1.